The second-order valence-corrected chi connectivity index (χ2v) is 3.84. The highest BCUT2D eigenvalue weighted by atomic mass is 16.6. The molecule has 1 aromatic rings. The van der Waals surface area contributed by atoms with E-state index in [9.17, 15) is 10.1 Å². The fourth-order valence-electron chi connectivity index (χ4n) is 1.63. The minimum Gasteiger partial charge on any atom is -0.329 e. The van der Waals surface area contributed by atoms with Crippen molar-refractivity contribution in [3.05, 3.63) is 39.4 Å². The van der Waals surface area contributed by atoms with Gasteiger partial charge in [-0.1, -0.05) is 12.1 Å². The van der Waals surface area contributed by atoms with Crippen LogP contribution in [0.5, 0.6) is 0 Å². The molecule has 0 aliphatic heterocycles. The van der Waals surface area contributed by atoms with Gasteiger partial charge in [0.2, 0.25) is 0 Å². The Kier molecular flexibility index (Phi) is 4.39. The summed E-state index contributed by atoms with van der Waals surface area (Å²) in [5.74, 6) is 0. The lowest BCUT2D eigenvalue weighted by Crippen LogP contribution is -2.25. The average molecular weight is 223 g/mol. The van der Waals surface area contributed by atoms with Gasteiger partial charge < -0.3 is 10.6 Å². The van der Waals surface area contributed by atoms with Gasteiger partial charge in [-0.15, -0.1) is 0 Å². The number of nitrogens with zero attached hydrogens (tertiary/aromatic N) is 2. The van der Waals surface area contributed by atoms with Crippen molar-refractivity contribution in [3.63, 3.8) is 0 Å². The summed E-state index contributed by atoms with van der Waals surface area (Å²) in [5.41, 5.74) is 7.34. The number of hydrogen-bond acceptors (Lipinski definition) is 4. The second-order valence-electron chi connectivity index (χ2n) is 3.84. The molecule has 0 radical (unpaired) electrons. The number of likely N-dealkylation sites (N-methyl/N-ethyl adjacent to an activating group) is 1. The van der Waals surface area contributed by atoms with Gasteiger partial charge in [0.05, 0.1) is 4.92 Å². The summed E-state index contributed by atoms with van der Waals surface area (Å²) in [4.78, 5) is 12.5. The predicted molar refractivity (Wildman–Crippen MR) is 63.2 cm³/mol. The van der Waals surface area contributed by atoms with Crippen molar-refractivity contribution in [2.45, 2.75) is 13.5 Å². The molecule has 0 aliphatic carbocycles. The summed E-state index contributed by atoms with van der Waals surface area (Å²) in [7, 11) is 1.95. The first-order valence-corrected chi connectivity index (χ1v) is 5.17. The van der Waals surface area contributed by atoms with E-state index in [-0.39, 0.29) is 10.6 Å². The Morgan fingerprint density at radius 1 is 1.50 bits per heavy atom. The van der Waals surface area contributed by atoms with Crippen molar-refractivity contribution in [2.24, 2.45) is 5.73 Å². The molecule has 5 heteroatoms. The molecule has 2 N–H and O–H groups in total. The maximum atomic E-state index is 10.8. The zero-order valence-electron chi connectivity index (χ0n) is 9.64. The molecule has 0 aromatic heterocycles. The maximum Gasteiger partial charge on any atom is 0.272 e. The first kappa shape index (κ1) is 12.6. The summed E-state index contributed by atoms with van der Waals surface area (Å²) in [5, 5.41) is 10.8. The van der Waals surface area contributed by atoms with Crippen LogP contribution in [0.15, 0.2) is 18.2 Å². The van der Waals surface area contributed by atoms with E-state index in [4.69, 9.17) is 5.73 Å². The summed E-state index contributed by atoms with van der Waals surface area (Å²) in [6.45, 7) is 3.83. The van der Waals surface area contributed by atoms with E-state index in [0.29, 0.717) is 13.1 Å². The molecule has 0 unspecified atom stereocenters. The zero-order chi connectivity index (χ0) is 12.1. The van der Waals surface area contributed by atoms with E-state index in [1.165, 1.54) is 6.07 Å². The number of nitrogens with two attached hydrogens (primary N) is 1. The minimum atomic E-state index is -0.345. The molecule has 0 saturated heterocycles. The van der Waals surface area contributed by atoms with Gasteiger partial charge in [0.15, 0.2) is 0 Å². The molecule has 0 aliphatic rings. The van der Waals surface area contributed by atoms with Crippen molar-refractivity contribution in [2.75, 3.05) is 20.1 Å². The summed E-state index contributed by atoms with van der Waals surface area (Å²) in [6, 6.07) is 5.16. The Morgan fingerprint density at radius 2 is 2.19 bits per heavy atom. The van der Waals surface area contributed by atoms with Gasteiger partial charge in [-0.2, -0.15) is 0 Å². The first-order valence-electron chi connectivity index (χ1n) is 5.17. The van der Waals surface area contributed by atoms with Crippen LogP contribution in [0.1, 0.15) is 11.1 Å². The van der Waals surface area contributed by atoms with Gasteiger partial charge in [0.25, 0.3) is 5.69 Å². The lowest BCUT2D eigenvalue weighted by molar-refractivity contribution is -0.385. The van der Waals surface area contributed by atoms with E-state index < -0.39 is 0 Å². The standard InChI is InChI=1S/C11H17N3O2/c1-9-10(8-13(2)7-6-12)4-3-5-11(9)14(15)16/h3-5H,6-8,12H2,1-2H3. The van der Waals surface area contributed by atoms with Crippen LogP contribution in [0.4, 0.5) is 5.69 Å². The predicted octanol–water partition coefficient (Wildman–Crippen LogP) is 1.29. The highest BCUT2D eigenvalue weighted by Gasteiger charge is 2.13. The molecular weight excluding hydrogens is 206 g/mol. The molecule has 16 heavy (non-hydrogen) atoms. The van der Waals surface area contributed by atoms with E-state index in [0.717, 1.165) is 17.7 Å². The maximum absolute atomic E-state index is 10.8. The van der Waals surface area contributed by atoms with Crippen LogP contribution in [0.3, 0.4) is 0 Å². The third-order valence-corrected chi connectivity index (χ3v) is 2.57. The number of benzene rings is 1. The third kappa shape index (κ3) is 3.01. The van der Waals surface area contributed by atoms with Crippen molar-refractivity contribution in [1.29, 1.82) is 0 Å². The van der Waals surface area contributed by atoms with Crippen molar-refractivity contribution >= 4 is 5.69 Å². The summed E-state index contributed by atoms with van der Waals surface area (Å²) >= 11 is 0. The molecule has 88 valence electrons. The smallest absolute Gasteiger partial charge is 0.272 e. The Bertz CT molecular complexity index is 379. The quantitative estimate of drug-likeness (QED) is 0.603. The van der Waals surface area contributed by atoms with Gasteiger partial charge in [-0.25, -0.2) is 0 Å². The van der Waals surface area contributed by atoms with Gasteiger partial charge in [0.1, 0.15) is 0 Å². The molecule has 0 bridgehead atoms. The molecule has 0 heterocycles. The average Bonchev–Trinajstić information content (AvgIpc) is 2.21. The Balaban J connectivity index is 2.89. The molecule has 0 spiro atoms. The van der Waals surface area contributed by atoms with Crippen molar-refractivity contribution in [1.82, 2.24) is 4.90 Å². The molecule has 0 amide bonds. The van der Waals surface area contributed by atoms with E-state index in [1.54, 1.807) is 13.0 Å². The Hall–Kier alpha value is -1.46. The summed E-state index contributed by atoms with van der Waals surface area (Å²) in [6.07, 6.45) is 0. The molecule has 0 saturated carbocycles. The molecule has 1 rings (SSSR count). The lowest BCUT2D eigenvalue weighted by Gasteiger charge is -2.16. The molecule has 1 aromatic carbocycles. The largest absolute Gasteiger partial charge is 0.329 e. The van der Waals surface area contributed by atoms with Crippen LogP contribution in [0, 0.1) is 17.0 Å². The minimum absolute atomic E-state index is 0.179. The zero-order valence-corrected chi connectivity index (χ0v) is 9.64. The Labute approximate surface area is 95.0 Å². The van der Waals surface area contributed by atoms with Crippen LogP contribution in [0.25, 0.3) is 0 Å². The lowest BCUT2D eigenvalue weighted by atomic mass is 10.1. The highest BCUT2D eigenvalue weighted by molar-refractivity contribution is 5.44. The van der Waals surface area contributed by atoms with Crippen LogP contribution in [-0.4, -0.2) is 30.0 Å². The highest BCUT2D eigenvalue weighted by Crippen LogP contribution is 2.21. The fourth-order valence-corrected chi connectivity index (χ4v) is 1.63. The Morgan fingerprint density at radius 3 is 2.75 bits per heavy atom. The van der Waals surface area contributed by atoms with Gasteiger partial charge >= 0.3 is 0 Å². The van der Waals surface area contributed by atoms with Crippen LogP contribution < -0.4 is 5.73 Å². The monoisotopic (exact) mass is 223 g/mol. The van der Waals surface area contributed by atoms with Crippen LogP contribution in [-0.2, 0) is 6.54 Å². The summed E-state index contributed by atoms with van der Waals surface area (Å²) < 4.78 is 0. The van der Waals surface area contributed by atoms with E-state index in [1.807, 2.05) is 18.0 Å². The van der Waals surface area contributed by atoms with Gasteiger partial charge in [0, 0.05) is 31.3 Å². The molecular formula is C11H17N3O2. The first-order chi connectivity index (χ1) is 7.56. The SMILES string of the molecule is Cc1c(CN(C)CCN)cccc1[N+](=O)[O-]. The second kappa shape index (κ2) is 5.58. The fraction of sp³-hybridized carbons (Fsp3) is 0.455. The van der Waals surface area contributed by atoms with Crippen LogP contribution in [0.2, 0.25) is 0 Å². The van der Waals surface area contributed by atoms with Crippen molar-refractivity contribution < 1.29 is 4.92 Å². The van der Waals surface area contributed by atoms with E-state index >= 15 is 0 Å². The molecule has 5 nitrogen and oxygen atoms in total. The molecule has 0 atom stereocenters. The number of nitro benzene ring substituents is 1. The van der Waals surface area contributed by atoms with E-state index in [2.05, 4.69) is 0 Å². The number of rotatable bonds is 5. The third-order valence-electron chi connectivity index (χ3n) is 2.57. The normalized spacial score (nSPS) is 10.8. The van der Waals surface area contributed by atoms with Gasteiger partial charge in [-0.05, 0) is 19.5 Å². The van der Waals surface area contributed by atoms with Crippen molar-refractivity contribution in [3.8, 4) is 0 Å². The topological polar surface area (TPSA) is 72.4 Å². The molecule has 0 fully saturated rings. The number of hydrogen-bond donors (Lipinski definition) is 1. The van der Waals surface area contributed by atoms with Gasteiger partial charge in [-0.3, -0.25) is 10.1 Å². The number of nitro groups is 1. The van der Waals surface area contributed by atoms with Crippen LogP contribution >= 0.6 is 0 Å².